The first-order valence-corrected chi connectivity index (χ1v) is 12.7. The molecule has 0 bridgehead atoms. The maximum absolute atomic E-state index is 12.8. The van der Waals surface area contributed by atoms with Gasteiger partial charge in [-0.05, 0) is 18.6 Å². The molecule has 1 aromatic carbocycles. The molecular formula is C26H30N6O2S. The Hall–Kier alpha value is -3.56. The van der Waals surface area contributed by atoms with E-state index in [0.29, 0.717) is 27.0 Å². The fraction of sp³-hybridized carbons (Fsp3) is 0.308. The third-order valence-electron chi connectivity index (χ3n) is 5.62. The van der Waals surface area contributed by atoms with Crippen molar-refractivity contribution in [2.45, 2.75) is 26.2 Å². The average molecular weight is 491 g/mol. The molecule has 1 saturated heterocycles. The summed E-state index contributed by atoms with van der Waals surface area (Å²) in [5, 5.41) is 11.4. The molecule has 0 radical (unpaired) electrons. The van der Waals surface area contributed by atoms with Crippen LogP contribution in [0.5, 0.6) is 0 Å². The number of aromatic nitrogens is 3. The number of carbonyl (C=O) groups excluding carboxylic acids is 1. The van der Waals surface area contributed by atoms with Gasteiger partial charge in [0.1, 0.15) is 10.8 Å². The van der Waals surface area contributed by atoms with Gasteiger partial charge in [-0.3, -0.25) is 9.59 Å². The van der Waals surface area contributed by atoms with Crippen LogP contribution in [0.1, 0.15) is 26.2 Å². The molecule has 0 unspecified atom stereocenters. The van der Waals surface area contributed by atoms with E-state index in [-0.39, 0.29) is 11.5 Å². The molecule has 2 N–H and O–H groups in total. The van der Waals surface area contributed by atoms with Crippen LogP contribution in [-0.2, 0) is 4.79 Å². The van der Waals surface area contributed by atoms with Crippen molar-refractivity contribution < 1.29 is 4.79 Å². The Morgan fingerprint density at radius 2 is 2.11 bits per heavy atom. The first kappa shape index (κ1) is 24.6. The van der Waals surface area contributed by atoms with Crippen LogP contribution in [0.15, 0.2) is 71.6 Å². The van der Waals surface area contributed by atoms with Gasteiger partial charge in [0, 0.05) is 49.1 Å². The van der Waals surface area contributed by atoms with E-state index in [2.05, 4.69) is 39.1 Å². The van der Waals surface area contributed by atoms with E-state index >= 15 is 0 Å². The highest BCUT2D eigenvalue weighted by Crippen LogP contribution is 2.27. The minimum atomic E-state index is -0.211. The number of amides is 1. The van der Waals surface area contributed by atoms with Crippen molar-refractivity contribution in [1.82, 2.24) is 19.9 Å². The molecule has 8 nitrogen and oxygen atoms in total. The Bertz CT molecular complexity index is 1320. The Morgan fingerprint density at radius 1 is 1.29 bits per heavy atom. The highest BCUT2D eigenvalue weighted by molar-refractivity contribution is 7.19. The lowest BCUT2D eigenvalue weighted by atomic mass is 10.1. The summed E-state index contributed by atoms with van der Waals surface area (Å²) in [5.41, 5.74) is 1.78. The summed E-state index contributed by atoms with van der Waals surface area (Å²) in [6.07, 6.45) is 10.3. The molecule has 1 fully saturated rings. The maximum atomic E-state index is 12.8. The second-order valence-corrected chi connectivity index (χ2v) is 9.18. The molecule has 9 heteroatoms. The highest BCUT2D eigenvalue weighted by Gasteiger charge is 2.16. The molecule has 4 rings (SSSR count). The van der Waals surface area contributed by atoms with Gasteiger partial charge in [-0.15, -0.1) is 0 Å². The van der Waals surface area contributed by atoms with Gasteiger partial charge in [0.2, 0.25) is 4.96 Å². The lowest BCUT2D eigenvalue weighted by Crippen LogP contribution is -2.44. The summed E-state index contributed by atoms with van der Waals surface area (Å²) >= 11 is 1.35. The zero-order valence-electron chi connectivity index (χ0n) is 19.9. The SMILES string of the molecule is C=CC=C(C=CCCCC)C(=O)Nc1cccc(-c2nn3c(=O)cc(N4CCNCC4)nc3s2)c1. The third-order valence-corrected chi connectivity index (χ3v) is 6.58. The summed E-state index contributed by atoms with van der Waals surface area (Å²) in [5.74, 6) is 0.471. The molecule has 0 spiro atoms. The zero-order valence-corrected chi connectivity index (χ0v) is 20.7. The molecule has 0 aliphatic carbocycles. The molecule has 0 atom stereocenters. The van der Waals surface area contributed by atoms with E-state index < -0.39 is 0 Å². The van der Waals surface area contributed by atoms with Crippen LogP contribution < -0.4 is 21.1 Å². The van der Waals surface area contributed by atoms with Crippen LogP contribution in [0.2, 0.25) is 0 Å². The number of fused-ring (bicyclic) bond motifs is 1. The molecule has 2 aromatic heterocycles. The van der Waals surface area contributed by atoms with E-state index in [1.54, 1.807) is 18.2 Å². The Kier molecular flexibility index (Phi) is 8.23. The van der Waals surface area contributed by atoms with Gasteiger partial charge in [-0.2, -0.15) is 9.61 Å². The van der Waals surface area contributed by atoms with Crippen molar-refractivity contribution in [2.75, 3.05) is 36.4 Å². The summed E-state index contributed by atoms with van der Waals surface area (Å²) in [4.78, 5) is 32.9. The summed E-state index contributed by atoms with van der Waals surface area (Å²) in [6, 6.07) is 8.98. The van der Waals surface area contributed by atoms with E-state index in [9.17, 15) is 9.59 Å². The van der Waals surface area contributed by atoms with Crippen molar-refractivity contribution in [2.24, 2.45) is 0 Å². The minimum absolute atomic E-state index is 0.204. The standard InChI is InChI=1S/C26H30N6O2S/c1-3-5-6-7-10-19(9-4-2)24(34)28-21-12-8-11-20(17-21)25-30-32-23(33)18-22(29-26(32)35-25)31-15-13-27-14-16-31/h4,7-12,17-18,27H,2-3,5-6,13-16H2,1H3,(H,28,34). The van der Waals surface area contributed by atoms with E-state index in [1.807, 2.05) is 36.4 Å². The van der Waals surface area contributed by atoms with Crippen LogP contribution in [0.3, 0.4) is 0 Å². The van der Waals surface area contributed by atoms with Crippen molar-refractivity contribution in [3.8, 4) is 10.6 Å². The maximum Gasteiger partial charge on any atom is 0.277 e. The van der Waals surface area contributed by atoms with Crippen LogP contribution in [0.4, 0.5) is 11.5 Å². The molecule has 35 heavy (non-hydrogen) atoms. The second-order valence-electron chi connectivity index (χ2n) is 8.23. The van der Waals surface area contributed by atoms with Gasteiger partial charge in [-0.25, -0.2) is 4.98 Å². The van der Waals surface area contributed by atoms with Crippen LogP contribution in [0, 0.1) is 0 Å². The first-order chi connectivity index (χ1) is 17.1. The fourth-order valence-corrected chi connectivity index (χ4v) is 4.67. The predicted molar refractivity (Wildman–Crippen MR) is 143 cm³/mol. The van der Waals surface area contributed by atoms with E-state index in [4.69, 9.17) is 0 Å². The lowest BCUT2D eigenvalue weighted by Gasteiger charge is -2.27. The highest BCUT2D eigenvalue weighted by atomic mass is 32.1. The van der Waals surface area contributed by atoms with Crippen LogP contribution in [-0.4, -0.2) is 46.7 Å². The fourth-order valence-electron chi connectivity index (χ4n) is 3.77. The van der Waals surface area contributed by atoms with Crippen molar-refractivity contribution in [3.63, 3.8) is 0 Å². The molecule has 3 aromatic rings. The zero-order chi connectivity index (χ0) is 24.6. The smallest absolute Gasteiger partial charge is 0.277 e. The number of piperazine rings is 1. The van der Waals surface area contributed by atoms with Gasteiger partial charge in [-0.1, -0.05) is 74.1 Å². The molecule has 1 aliphatic rings. The second kappa shape index (κ2) is 11.7. The number of hydrogen-bond donors (Lipinski definition) is 2. The Morgan fingerprint density at radius 3 is 2.89 bits per heavy atom. The number of anilines is 2. The number of nitrogens with zero attached hydrogens (tertiary/aromatic N) is 4. The van der Waals surface area contributed by atoms with Gasteiger partial charge in [0.15, 0.2) is 0 Å². The quantitative estimate of drug-likeness (QED) is 0.267. The number of rotatable bonds is 9. The van der Waals surface area contributed by atoms with Gasteiger partial charge >= 0.3 is 0 Å². The third kappa shape index (κ3) is 6.12. The average Bonchev–Trinajstić information content (AvgIpc) is 3.32. The van der Waals surface area contributed by atoms with Crippen LogP contribution >= 0.6 is 11.3 Å². The van der Waals surface area contributed by atoms with E-state index in [1.165, 1.54) is 15.9 Å². The number of benzene rings is 1. The molecular weight excluding hydrogens is 460 g/mol. The van der Waals surface area contributed by atoms with E-state index in [0.717, 1.165) is 51.0 Å². The Labute approximate surface area is 208 Å². The number of hydrogen-bond acceptors (Lipinski definition) is 7. The number of allylic oxidation sites excluding steroid dienone is 3. The minimum Gasteiger partial charge on any atom is -0.354 e. The van der Waals surface area contributed by atoms with Crippen molar-refractivity contribution >= 4 is 33.7 Å². The predicted octanol–water partition coefficient (Wildman–Crippen LogP) is 4.02. The summed E-state index contributed by atoms with van der Waals surface area (Å²) < 4.78 is 1.34. The largest absolute Gasteiger partial charge is 0.354 e. The lowest BCUT2D eigenvalue weighted by molar-refractivity contribution is -0.112. The molecule has 3 heterocycles. The number of nitrogens with one attached hydrogen (secondary N) is 2. The summed E-state index contributed by atoms with van der Waals surface area (Å²) in [7, 11) is 0. The molecule has 182 valence electrons. The van der Waals surface area contributed by atoms with Gasteiger partial charge in [0.05, 0.1) is 0 Å². The number of unbranched alkanes of at least 4 members (excludes halogenated alkanes) is 2. The van der Waals surface area contributed by atoms with Crippen LogP contribution in [0.25, 0.3) is 15.5 Å². The molecule has 1 amide bonds. The normalized spacial score (nSPS) is 14.5. The first-order valence-electron chi connectivity index (χ1n) is 11.9. The Balaban J connectivity index is 1.55. The molecule has 1 aliphatic heterocycles. The van der Waals surface area contributed by atoms with Gasteiger partial charge in [0.25, 0.3) is 11.5 Å². The number of carbonyl (C=O) groups is 1. The van der Waals surface area contributed by atoms with Crippen molar-refractivity contribution in [1.29, 1.82) is 0 Å². The summed E-state index contributed by atoms with van der Waals surface area (Å²) in [6.45, 7) is 9.21. The molecule has 0 saturated carbocycles. The monoisotopic (exact) mass is 490 g/mol. The topological polar surface area (TPSA) is 91.6 Å². The van der Waals surface area contributed by atoms with Gasteiger partial charge < -0.3 is 15.5 Å². The van der Waals surface area contributed by atoms with Crippen molar-refractivity contribution in [3.05, 3.63) is 77.1 Å².